The average molecular weight is 410 g/mol. The summed E-state index contributed by atoms with van der Waals surface area (Å²) >= 11 is 15.1. The number of nitrogens with one attached hydrogen (secondary N) is 2. The maximum absolute atomic E-state index is 11.9. The molecule has 0 bridgehead atoms. The molecule has 0 aliphatic heterocycles. The third-order valence-electron chi connectivity index (χ3n) is 3.54. The fraction of sp³-hybridized carbons (Fsp3) is 0.429. The van der Waals surface area contributed by atoms with Crippen LogP contribution in [-0.4, -0.2) is 22.3 Å². The van der Waals surface area contributed by atoms with Crippen LogP contribution in [0.5, 0.6) is 5.75 Å². The van der Waals surface area contributed by atoms with Crippen molar-refractivity contribution in [3.8, 4) is 5.75 Å². The van der Waals surface area contributed by atoms with E-state index in [1.54, 1.807) is 32.0 Å². The number of ether oxygens (including phenoxy) is 1. The lowest BCUT2D eigenvalue weighted by Gasteiger charge is -2.17. The predicted octanol–water partition coefficient (Wildman–Crippen LogP) is 2.95. The molecule has 5 nitrogen and oxygen atoms in total. The molecule has 0 saturated heterocycles. The molecular weight excluding hydrogens is 395 g/mol. The number of carbonyl (C=O) groups excluding carboxylic acids is 2. The van der Waals surface area contributed by atoms with Crippen LogP contribution in [0.1, 0.15) is 20.3 Å². The third kappa shape index (κ3) is 3.67. The Morgan fingerprint density at radius 1 is 1.36 bits per heavy atom. The van der Waals surface area contributed by atoms with E-state index in [4.69, 9.17) is 27.9 Å². The summed E-state index contributed by atoms with van der Waals surface area (Å²) in [5.74, 6) is -0.370. The molecule has 1 aliphatic rings. The van der Waals surface area contributed by atoms with Crippen LogP contribution in [0.25, 0.3) is 0 Å². The number of hydrogen-bond acceptors (Lipinski definition) is 3. The van der Waals surface area contributed by atoms with Gasteiger partial charge in [0.1, 0.15) is 10.1 Å². The number of halogens is 3. The molecule has 1 aliphatic carbocycles. The van der Waals surface area contributed by atoms with E-state index in [9.17, 15) is 9.59 Å². The quantitative estimate of drug-likeness (QED) is 0.593. The monoisotopic (exact) mass is 408 g/mol. The van der Waals surface area contributed by atoms with Crippen LogP contribution in [0.4, 0.5) is 0 Å². The van der Waals surface area contributed by atoms with Crippen LogP contribution in [0, 0.1) is 5.41 Å². The zero-order chi connectivity index (χ0) is 16.5. The van der Waals surface area contributed by atoms with E-state index >= 15 is 0 Å². The molecule has 1 saturated carbocycles. The molecule has 2 atom stereocenters. The van der Waals surface area contributed by atoms with E-state index < -0.39 is 27.7 Å². The summed E-state index contributed by atoms with van der Waals surface area (Å²) in [5.41, 5.74) is 3.74. The topological polar surface area (TPSA) is 67.4 Å². The van der Waals surface area contributed by atoms with Gasteiger partial charge in [-0.2, -0.15) is 0 Å². The molecule has 2 unspecified atom stereocenters. The van der Waals surface area contributed by atoms with E-state index in [1.807, 2.05) is 6.07 Å². The Balaban J connectivity index is 1.83. The van der Waals surface area contributed by atoms with Gasteiger partial charge in [0.15, 0.2) is 6.10 Å². The summed E-state index contributed by atoms with van der Waals surface area (Å²) in [4.78, 5) is 23.8. The molecule has 22 heavy (non-hydrogen) atoms. The number of alkyl halides is 2. The Bertz CT molecular complexity index is 612. The maximum atomic E-state index is 11.9. The lowest BCUT2D eigenvalue weighted by atomic mass is 10.1. The van der Waals surface area contributed by atoms with Crippen molar-refractivity contribution < 1.29 is 14.3 Å². The first-order valence-corrected chi connectivity index (χ1v) is 8.11. The smallest absolute Gasteiger partial charge is 0.279 e. The average Bonchev–Trinajstić information content (AvgIpc) is 2.95. The Kier molecular flexibility index (Phi) is 4.94. The van der Waals surface area contributed by atoms with Gasteiger partial charge in [-0.15, -0.1) is 23.2 Å². The van der Waals surface area contributed by atoms with Gasteiger partial charge in [0.05, 0.1) is 5.41 Å². The van der Waals surface area contributed by atoms with Crippen LogP contribution in [0.15, 0.2) is 28.7 Å². The van der Waals surface area contributed by atoms with Crippen LogP contribution in [-0.2, 0) is 9.59 Å². The van der Waals surface area contributed by atoms with Crippen molar-refractivity contribution >= 4 is 50.9 Å². The van der Waals surface area contributed by atoms with Crippen molar-refractivity contribution in [2.75, 3.05) is 0 Å². The van der Waals surface area contributed by atoms with Gasteiger partial charge < -0.3 is 4.74 Å². The molecule has 0 radical (unpaired) electrons. The predicted molar refractivity (Wildman–Crippen MR) is 87.7 cm³/mol. The van der Waals surface area contributed by atoms with Crippen LogP contribution < -0.4 is 15.6 Å². The minimum Gasteiger partial charge on any atom is -0.481 e. The minimum absolute atomic E-state index is 0.342. The standard InChI is InChI=1S/C14H15BrCl2N2O3/c1-8(22-10-5-3-4-9(15)6-10)11(20)18-19-12(21)13(2)7-14(13,16)17/h3-6,8H,7H2,1-2H3,(H,18,20)(H,19,21). The largest absolute Gasteiger partial charge is 0.481 e. The van der Waals surface area contributed by atoms with Crippen LogP contribution in [0.2, 0.25) is 0 Å². The number of rotatable bonds is 4. The maximum Gasteiger partial charge on any atom is 0.279 e. The van der Waals surface area contributed by atoms with Crippen molar-refractivity contribution in [1.82, 2.24) is 10.9 Å². The molecule has 2 N–H and O–H groups in total. The summed E-state index contributed by atoms with van der Waals surface area (Å²) in [5, 5.41) is 0. The first-order chi connectivity index (χ1) is 10.2. The second-order valence-corrected chi connectivity index (χ2v) is 7.77. The van der Waals surface area contributed by atoms with Gasteiger partial charge in [-0.1, -0.05) is 22.0 Å². The van der Waals surface area contributed by atoms with E-state index in [1.165, 1.54) is 0 Å². The van der Waals surface area contributed by atoms with Crippen molar-refractivity contribution in [3.05, 3.63) is 28.7 Å². The van der Waals surface area contributed by atoms with E-state index in [2.05, 4.69) is 26.8 Å². The minimum atomic E-state index is -1.08. The van der Waals surface area contributed by atoms with Gasteiger partial charge in [0.2, 0.25) is 5.91 Å². The molecule has 1 aromatic rings. The summed E-state index contributed by atoms with van der Waals surface area (Å²) < 4.78 is 5.24. The van der Waals surface area contributed by atoms with Gasteiger partial charge in [-0.25, -0.2) is 0 Å². The second kappa shape index (κ2) is 6.26. The molecule has 2 rings (SSSR count). The molecule has 1 fully saturated rings. The Labute approximate surface area is 146 Å². The fourth-order valence-electron chi connectivity index (χ4n) is 1.80. The highest BCUT2D eigenvalue weighted by Gasteiger charge is 2.68. The van der Waals surface area contributed by atoms with Gasteiger partial charge in [0, 0.05) is 4.47 Å². The number of amides is 2. The van der Waals surface area contributed by atoms with E-state index in [0.717, 1.165) is 4.47 Å². The van der Waals surface area contributed by atoms with Crippen molar-refractivity contribution in [2.45, 2.75) is 30.7 Å². The van der Waals surface area contributed by atoms with E-state index in [0.29, 0.717) is 12.2 Å². The molecule has 120 valence electrons. The zero-order valence-electron chi connectivity index (χ0n) is 12.0. The Morgan fingerprint density at radius 2 is 2.00 bits per heavy atom. The first kappa shape index (κ1) is 17.4. The van der Waals surface area contributed by atoms with Crippen LogP contribution >= 0.6 is 39.1 Å². The zero-order valence-corrected chi connectivity index (χ0v) is 15.1. The fourth-order valence-corrected chi connectivity index (χ4v) is 2.89. The normalized spacial score (nSPS) is 23.3. The summed E-state index contributed by atoms with van der Waals surface area (Å²) in [6.07, 6.45) is -0.437. The molecule has 0 aromatic heterocycles. The van der Waals surface area contributed by atoms with Crippen molar-refractivity contribution in [2.24, 2.45) is 5.41 Å². The van der Waals surface area contributed by atoms with Crippen molar-refractivity contribution in [1.29, 1.82) is 0 Å². The SMILES string of the molecule is CC(Oc1cccc(Br)c1)C(=O)NNC(=O)C1(C)CC1(Cl)Cl. The third-order valence-corrected chi connectivity index (χ3v) is 5.13. The first-order valence-electron chi connectivity index (χ1n) is 6.56. The van der Waals surface area contributed by atoms with Gasteiger partial charge >= 0.3 is 0 Å². The summed E-state index contributed by atoms with van der Waals surface area (Å²) in [6.45, 7) is 3.21. The highest BCUT2D eigenvalue weighted by Crippen LogP contribution is 2.63. The number of carbonyl (C=O) groups is 2. The second-order valence-electron chi connectivity index (χ2n) is 5.37. The highest BCUT2D eigenvalue weighted by atomic mass is 79.9. The van der Waals surface area contributed by atoms with Gasteiger partial charge in [0.25, 0.3) is 5.91 Å². The lowest BCUT2D eigenvalue weighted by molar-refractivity contribution is -0.134. The Morgan fingerprint density at radius 3 is 2.55 bits per heavy atom. The van der Waals surface area contributed by atoms with E-state index in [-0.39, 0.29) is 0 Å². The molecule has 1 aromatic carbocycles. The molecule has 8 heteroatoms. The summed E-state index contributed by atoms with van der Waals surface area (Å²) in [6, 6.07) is 7.11. The van der Waals surface area contributed by atoms with Gasteiger partial charge in [-0.3, -0.25) is 20.4 Å². The molecule has 0 spiro atoms. The van der Waals surface area contributed by atoms with Crippen LogP contribution in [0.3, 0.4) is 0 Å². The molecule has 0 heterocycles. The lowest BCUT2D eigenvalue weighted by Crippen LogP contribution is -2.49. The Hall–Kier alpha value is -0.980. The number of hydrazine groups is 1. The number of hydrogen-bond donors (Lipinski definition) is 2. The van der Waals surface area contributed by atoms with Gasteiger partial charge in [-0.05, 0) is 38.5 Å². The molecular formula is C14H15BrCl2N2O3. The summed E-state index contributed by atoms with van der Waals surface area (Å²) in [7, 11) is 0. The number of benzene rings is 1. The highest BCUT2D eigenvalue weighted by molar-refractivity contribution is 9.10. The van der Waals surface area contributed by atoms with Crippen molar-refractivity contribution in [3.63, 3.8) is 0 Å². The molecule has 2 amide bonds.